The van der Waals surface area contributed by atoms with Crippen molar-refractivity contribution in [3.8, 4) is 0 Å². The lowest BCUT2D eigenvalue weighted by Gasteiger charge is -2.44. The summed E-state index contributed by atoms with van der Waals surface area (Å²) in [6.07, 6.45) is 2.72. The van der Waals surface area contributed by atoms with Crippen molar-refractivity contribution < 1.29 is 0 Å². The fourth-order valence-corrected chi connectivity index (χ4v) is 2.98. The van der Waals surface area contributed by atoms with Gasteiger partial charge in [-0.15, -0.1) is 0 Å². The molecule has 2 fully saturated rings. The van der Waals surface area contributed by atoms with Crippen molar-refractivity contribution in [3.05, 3.63) is 12.3 Å². The molecule has 2 aliphatic heterocycles. The first-order chi connectivity index (χ1) is 6.59. The molecule has 0 spiro atoms. The highest BCUT2D eigenvalue weighted by Crippen LogP contribution is 2.33. The molecule has 0 aromatic rings. The smallest absolute Gasteiger partial charge is 0.0418 e. The fraction of sp³-hybridized carbons (Fsp3) is 0.833. The van der Waals surface area contributed by atoms with Crippen LogP contribution in [0.2, 0.25) is 0 Å². The quantitative estimate of drug-likeness (QED) is 0.664. The third-order valence-corrected chi connectivity index (χ3v) is 3.68. The first-order valence-electron chi connectivity index (χ1n) is 5.77. The van der Waals surface area contributed by atoms with Crippen LogP contribution >= 0.6 is 0 Å². The molecule has 0 amide bonds. The van der Waals surface area contributed by atoms with Crippen molar-refractivity contribution >= 4 is 0 Å². The zero-order valence-corrected chi connectivity index (χ0v) is 9.66. The SMILES string of the molecule is C=C(C)N1C2CCC1CN(C(C)C)C2. The normalized spacial score (nSPS) is 32.7. The number of allylic oxidation sites excluding steroid dienone is 1. The summed E-state index contributed by atoms with van der Waals surface area (Å²) < 4.78 is 0. The summed E-state index contributed by atoms with van der Waals surface area (Å²) in [5.74, 6) is 0. The summed E-state index contributed by atoms with van der Waals surface area (Å²) in [6, 6.07) is 2.19. The summed E-state index contributed by atoms with van der Waals surface area (Å²) in [7, 11) is 0. The molecule has 0 aromatic heterocycles. The average Bonchev–Trinajstić information content (AvgIpc) is 2.37. The molecule has 0 radical (unpaired) electrons. The van der Waals surface area contributed by atoms with E-state index in [1.165, 1.54) is 31.6 Å². The van der Waals surface area contributed by atoms with Crippen LogP contribution in [0.3, 0.4) is 0 Å². The second kappa shape index (κ2) is 3.58. The average molecular weight is 194 g/mol. The van der Waals surface area contributed by atoms with E-state index in [4.69, 9.17) is 0 Å². The number of rotatable bonds is 2. The molecular formula is C12H22N2. The van der Waals surface area contributed by atoms with Crippen molar-refractivity contribution in [2.24, 2.45) is 0 Å². The van der Waals surface area contributed by atoms with Gasteiger partial charge in [-0.25, -0.2) is 0 Å². The van der Waals surface area contributed by atoms with E-state index >= 15 is 0 Å². The Balaban J connectivity index is 2.08. The van der Waals surface area contributed by atoms with Crippen LogP contribution < -0.4 is 0 Å². The van der Waals surface area contributed by atoms with Crippen LogP contribution in [0.25, 0.3) is 0 Å². The lowest BCUT2D eigenvalue weighted by molar-refractivity contribution is 0.0738. The van der Waals surface area contributed by atoms with Crippen molar-refractivity contribution in [2.45, 2.75) is 51.7 Å². The number of likely N-dealkylation sites (tertiary alicyclic amines) is 1. The lowest BCUT2D eigenvalue weighted by atomic mass is 10.1. The first kappa shape index (κ1) is 10.0. The zero-order valence-electron chi connectivity index (χ0n) is 9.66. The fourth-order valence-electron chi connectivity index (χ4n) is 2.98. The molecule has 0 saturated carbocycles. The largest absolute Gasteiger partial charge is 0.367 e. The first-order valence-corrected chi connectivity index (χ1v) is 5.77. The van der Waals surface area contributed by atoms with Gasteiger partial charge in [0.15, 0.2) is 0 Å². The number of fused-ring (bicyclic) bond motifs is 2. The highest BCUT2D eigenvalue weighted by atomic mass is 15.3. The Hall–Kier alpha value is -0.500. The minimum Gasteiger partial charge on any atom is -0.367 e. The second-order valence-corrected chi connectivity index (χ2v) is 5.08. The monoisotopic (exact) mass is 194 g/mol. The number of piperazine rings is 1. The molecule has 0 N–H and O–H groups in total. The minimum absolute atomic E-state index is 0.699. The maximum atomic E-state index is 4.10. The van der Waals surface area contributed by atoms with E-state index < -0.39 is 0 Å². The Morgan fingerprint density at radius 2 is 1.71 bits per heavy atom. The van der Waals surface area contributed by atoms with E-state index in [0.29, 0.717) is 6.04 Å². The number of hydrogen-bond acceptors (Lipinski definition) is 2. The van der Waals surface area contributed by atoms with Crippen molar-refractivity contribution in [1.82, 2.24) is 9.80 Å². The van der Waals surface area contributed by atoms with Gasteiger partial charge in [0.25, 0.3) is 0 Å². The second-order valence-electron chi connectivity index (χ2n) is 5.08. The summed E-state index contributed by atoms with van der Waals surface area (Å²) in [4.78, 5) is 5.17. The Morgan fingerprint density at radius 3 is 2.07 bits per heavy atom. The zero-order chi connectivity index (χ0) is 10.3. The molecule has 2 unspecified atom stereocenters. The number of nitrogens with zero attached hydrogens (tertiary/aromatic N) is 2. The van der Waals surface area contributed by atoms with Crippen molar-refractivity contribution in [3.63, 3.8) is 0 Å². The molecule has 2 bridgehead atoms. The van der Waals surface area contributed by atoms with Gasteiger partial charge in [-0.05, 0) is 33.6 Å². The molecule has 2 rings (SSSR count). The standard InChI is InChI=1S/C12H22N2/c1-9(2)13-7-11-5-6-12(8-13)14(11)10(3)4/h9,11-12H,3,5-8H2,1-2,4H3. The summed E-state index contributed by atoms with van der Waals surface area (Å²) >= 11 is 0. The topological polar surface area (TPSA) is 6.48 Å². The van der Waals surface area contributed by atoms with Gasteiger partial charge in [0.2, 0.25) is 0 Å². The lowest BCUT2D eigenvalue weighted by Crippen LogP contribution is -2.54. The maximum Gasteiger partial charge on any atom is 0.0418 e. The Labute approximate surface area is 87.6 Å². The third kappa shape index (κ3) is 1.56. The predicted octanol–water partition coefficient (Wildman–Crippen LogP) is 2.08. The number of hydrogen-bond donors (Lipinski definition) is 0. The molecule has 2 atom stereocenters. The molecule has 2 nitrogen and oxygen atoms in total. The molecular weight excluding hydrogens is 172 g/mol. The van der Waals surface area contributed by atoms with E-state index in [0.717, 1.165) is 12.1 Å². The van der Waals surface area contributed by atoms with E-state index in [2.05, 4.69) is 37.1 Å². The summed E-state index contributed by atoms with van der Waals surface area (Å²) in [6.45, 7) is 13.3. The van der Waals surface area contributed by atoms with Crippen LogP contribution in [0.5, 0.6) is 0 Å². The van der Waals surface area contributed by atoms with Gasteiger partial charge in [0, 0.05) is 36.9 Å². The third-order valence-electron chi connectivity index (χ3n) is 3.68. The van der Waals surface area contributed by atoms with Crippen LogP contribution in [0.1, 0.15) is 33.6 Å². The van der Waals surface area contributed by atoms with Crippen molar-refractivity contribution in [2.75, 3.05) is 13.1 Å². The van der Waals surface area contributed by atoms with Crippen LogP contribution in [0.15, 0.2) is 12.3 Å². The molecule has 14 heavy (non-hydrogen) atoms. The Bertz CT molecular complexity index is 220. The molecule has 2 heterocycles. The van der Waals surface area contributed by atoms with Gasteiger partial charge >= 0.3 is 0 Å². The molecule has 0 aromatic carbocycles. The van der Waals surface area contributed by atoms with E-state index in [1.54, 1.807) is 0 Å². The van der Waals surface area contributed by atoms with Crippen LogP contribution in [0.4, 0.5) is 0 Å². The highest BCUT2D eigenvalue weighted by molar-refractivity contribution is 5.06. The van der Waals surface area contributed by atoms with Crippen LogP contribution in [-0.4, -0.2) is 41.0 Å². The minimum atomic E-state index is 0.699. The van der Waals surface area contributed by atoms with Gasteiger partial charge in [-0.1, -0.05) is 6.58 Å². The molecule has 2 saturated heterocycles. The van der Waals surface area contributed by atoms with Gasteiger partial charge in [0.1, 0.15) is 0 Å². The van der Waals surface area contributed by atoms with E-state index in [9.17, 15) is 0 Å². The van der Waals surface area contributed by atoms with Gasteiger partial charge in [0.05, 0.1) is 0 Å². The maximum absolute atomic E-state index is 4.10. The molecule has 2 heteroatoms. The van der Waals surface area contributed by atoms with Gasteiger partial charge in [-0.3, -0.25) is 4.90 Å². The summed E-state index contributed by atoms with van der Waals surface area (Å²) in [5.41, 5.74) is 1.26. The molecule has 80 valence electrons. The van der Waals surface area contributed by atoms with E-state index in [1.807, 2.05) is 0 Å². The highest BCUT2D eigenvalue weighted by Gasteiger charge is 2.39. The van der Waals surface area contributed by atoms with Gasteiger partial charge < -0.3 is 4.90 Å². The van der Waals surface area contributed by atoms with Gasteiger partial charge in [-0.2, -0.15) is 0 Å². The molecule has 0 aliphatic carbocycles. The Kier molecular flexibility index (Phi) is 2.56. The van der Waals surface area contributed by atoms with E-state index in [-0.39, 0.29) is 0 Å². The Morgan fingerprint density at radius 1 is 1.21 bits per heavy atom. The van der Waals surface area contributed by atoms with Crippen molar-refractivity contribution in [1.29, 1.82) is 0 Å². The van der Waals surface area contributed by atoms with Crippen LogP contribution in [-0.2, 0) is 0 Å². The predicted molar refractivity (Wildman–Crippen MR) is 60.2 cm³/mol. The summed E-state index contributed by atoms with van der Waals surface area (Å²) in [5, 5.41) is 0. The molecule has 2 aliphatic rings. The van der Waals surface area contributed by atoms with Crippen LogP contribution in [0, 0.1) is 0 Å².